The number of hydrogen-bond donors (Lipinski definition) is 0. The van der Waals surface area contributed by atoms with Gasteiger partial charge in [0, 0.05) is 18.5 Å². The first-order chi connectivity index (χ1) is 8.67. The fraction of sp³-hybridized carbons (Fsp3) is 0.333. The Labute approximate surface area is 112 Å². The lowest BCUT2D eigenvalue weighted by molar-refractivity contribution is 0.555. The Morgan fingerprint density at radius 2 is 1.78 bits per heavy atom. The van der Waals surface area contributed by atoms with Gasteiger partial charge in [-0.25, -0.2) is 8.78 Å². The van der Waals surface area contributed by atoms with Gasteiger partial charge in [-0.1, -0.05) is 22.0 Å². The molecule has 0 unspecified atom stereocenters. The second-order valence-corrected chi connectivity index (χ2v) is 4.35. The van der Waals surface area contributed by atoms with E-state index in [-0.39, 0.29) is 12.0 Å². The maximum absolute atomic E-state index is 13.6. The molecule has 0 aliphatic rings. The molecule has 1 aromatic carbocycles. The molecule has 1 heterocycles. The minimum atomic E-state index is -0.555. The first kappa shape index (κ1) is 13.1. The van der Waals surface area contributed by atoms with E-state index in [0.717, 1.165) is 5.82 Å². The predicted molar refractivity (Wildman–Crippen MR) is 67.5 cm³/mol. The van der Waals surface area contributed by atoms with Gasteiger partial charge in [-0.3, -0.25) is 0 Å². The lowest BCUT2D eigenvalue weighted by Gasteiger charge is -2.07. The van der Waals surface area contributed by atoms with E-state index in [0.29, 0.717) is 17.7 Å². The van der Waals surface area contributed by atoms with E-state index < -0.39 is 11.6 Å². The standard InChI is InChI=1S/C12H12BrF2N3/c1-2-18-11(16-17-12(18)7-13)6-8-9(14)4-3-5-10(8)15/h3-5H,2,6-7H2,1H3. The van der Waals surface area contributed by atoms with Crippen LogP contribution in [0.4, 0.5) is 8.78 Å². The third kappa shape index (κ3) is 2.43. The fourth-order valence-corrected chi connectivity index (χ4v) is 2.24. The van der Waals surface area contributed by atoms with Crippen LogP contribution in [-0.2, 0) is 18.3 Å². The number of hydrogen-bond acceptors (Lipinski definition) is 2. The van der Waals surface area contributed by atoms with Crippen molar-refractivity contribution in [1.29, 1.82) is 0 Å². The molecule has 0 aliphatic heterocycles. The molecule has 18 heavy (non-hydrogen) atoms. The largest absolute Gasteiger partial charge is 0.314 e. The van der Waals surface area contributed by atoms with E-state index in [1.807, 2.05) is 11.5 Å². The number of aromatic nitrogens is 3. The average Bonchev–Trinajstić information content (AvgIpc) is 2.75. The van der Waals surface area contributed by atoms with Gasteiger partial charge in [-0.15, -0.1) is 10.2 Å². The molecule has 3 nitrogen and oxygen atoms in total. The molecular formula is C12H12BrF2N3. The van der Waals surface area contributed by atoms with Crippen molar-refractivity contribution < 1.29 is 8.78 Å². The summed E-state index contributed by atoms with van der Waals surface area (Å²) in [5.74, 6) is 0.210. The fourth-order valence-electron chi connectivity index (χ4n) is 1.83. The predicted octanol–water partition coefficient (Wildman–Crippen LogP) is 3.06. The van der Waals surface area contributed by atoms with Gasteiger partial charge in [0.2, 0.25) is 0 Å². The van der Waals surface area contributed by atoms with E-state index in [1.165, 1.54) is 18.2 Å². The summed E-state index contributed by atoms with van der Waals surface area (Å²) in [7, 11) is 0. The monoisotopic (exact) mass is 315 g/mol. The molecule has 1 aromatic heterocycles. The zero-order valence-electron chi connectivity index (χ0n) is 9.83. The smallest absolute Gasteiger partial charge is 0.143 e. The molecule has 0 saturated heterocycles. The quantitative estimate of drug-likeness (QED) is 0.812. The maximum atomic E-state index is 13.6. The summed E-state index contributed by atoms with van der Waals surface area (Å²) < 4.78 is 29.0. The lowest BCUT2D eigenvalue weighted by atomic mass is 10.1. The number of halogens is 3. The Bertz CT molecular complexity index is 534. The SMILES string of the molecule is CCn1c(CBr)nnc1Cc1c(F)cccc1F. The Balaban J connectivity index is 2.37. The molecule has 0 atom stereocenters. The van der Waals surface area contributed by atoms with Crippen LogP contribution >= 0.6 is 15.9 Å². The van der Waals surface area contributed by atoms with Gasteiger partial charge in [0.25, 0.3) is 0 Å². The summed E-state index contributed by atoms with van der Waals surface area (Å²) in [5.41, 5.74) is 0.0284. The average molecular weight is 316 g/mol. The van der Waals surface area contributed by atoms with Gasteiger partial charge in [-0.2, -0.15) is 0 Å². The lowest BCUT2D eigenvalue weighted by Crippen LogP contribution is -2.07. The van der Waals surface area contributed by atoms with Gasteiger partial charge in [0.1, 0.15) is 23.3 Å². The number of nitrogens with zero attached hydrogens (tertiary/aromatic N) is 3. The van der Waals surface area contributed by atoms with E-state index in [2.05, 4.69) is 26.1 Å². The first-order valence-corrected chi connectivity index (χ1v) is 6.69. The van der Waals surface area contributed by atoms with Crippen molar-refractivity contribution in [2.24, 2.45) is 0 Å². The van der Waals surface area contributed by atoms with Gasteiger partial charge in [0.05, 0.1) is 5.33 Å². The van der Waals surface area contributed by atoms with Crippen LogP contribution in [0.25, 0.3) is 0 Å². The summed E-state index contributed by atoms with van der Waals surface area (Å²) in [6.07, 6.45) is 0.104. The minimum Gasteiger partial charge on any atom is -0.314 e. The van der Waals surface area contributed by atoms with Gasteiger partial charge in [0.15, 0.2) is 0 Å². The van der Waals surface area contributed by atoms with Crippen LogP contribution in [-0.4, -0.2) is 14.8 Å². The van der Waals surface area contributed by atoms with Crippen LogP contribution in [0, 0.1) is 11.6 Å². The van der Waals surface area contributed by atoms with Crippen molar-refractivity contribution >= 4 is 15.9 Å². The molecule has 0 amide bonds. The van der Waals surface area contributed by atoms with Crippen LogP contribution in [0.3, 0.4) is 0 Å². The van der Waals surface area contributed by atoms with Crippen LogP contribution in [0.5, 0.6) is 0 Å². The second kappa shape index (κ2) is 5.56. The third-order valence-corrected chi connectivity index (χ3v) is 3.24. The highest BCUT2D eigenvalue weighted by atomic mass is 79.9. The van der Waals surface area contributed by atoms with Crippen molar-refractivity contribution in [1.82, 2.24) is 14.8 Å². The molecule has 0 fully saturated rings. The molecule has 0 spiro atoms. The molecule has 0 bridgehead atoms. The number of benzene rings is 1. The van der Waals surface area contributed by atoms with Crippen LogP contribution in [0.15, 0.2) is 18.2 Å². The van der Waals surface area contributed by atoms with Crippen molar-refractivity contribution in [3.05, 3.63) is 47.0 Å². The highest BCUT2D eigenvalue weighted by molar-refractivity contribution is 9.08. The molecule has 0 N–H and O–H groups in total. The molecule has 96 valence electrons. The van der Waals surface area contributed by atoms with Gasteiger partial charge < -0.3 is 4.57 Å². The summed E-state index contributed by atoms with van der Waals surface area (Å²) >= 11 is 3.31. The Morgan fingerprint density at radius 1 is 1.17 bits per heavy atom. The van der Waals surface area contributed by atoms with E-state index >= 15 is 0 Å². The topological polar surface area (TPSA) is 30.7 Å². The summed E-state index contributed by atoms with van der Waals surface area (Å²) in [5, 5.41) is 8.53. The minimum absolute atomic E-state index is 0.0284. The summed E-state index contributed by atoms with van der Waals surface area (Å²) in [4.78, 5) is 0. The molecule has 6 heteroatoms. The van der Waals surface area contributed by atoms with Crippen LogP contribution in [0.2, 0.25) is 0 Å². The van der Waals surface area contributed by atoms with E-state index in [4.69, 9.17) is 0 Å². The maximum Gasteiger partial charge on any atom is 0.143 e. The zero-order chi connectivity index (χ0) is 13.1. The first-order valence-electron chi connectivity index (χ1n) is 5.57. The molecule has 0 aliphatic carbocycles. The molecule has 0 radical (unpaired) electrons. The van der Waals surface area contributed by atoms with Crippen LogP contribution < -0.4 is 0 Å². The highest BCUT2D eigenvalue weighted by Crippen LogP contribution is 2.17. The Morgan fingerprint density at radius 3 is 2.33 bits per heavy atom. The highest BCUT2D eigenvalue weighted by Gasteiger charge is 2.15. The number of rotatable bonds is 4. The molecule has 2 rings (SSSR count). The molecular weight excluding hydrogens is 304 g/mol. The Kier molecular flexibility index (Phi) is 4.06. The van der Waals surface area contributed by atoms with Crippen molar-refractivity contribution in [3.63, 3.8) is 0 Å². The van der Waals surface area contributed by atoms with Crippen molar-refractivity contribution in [2.45, 2.75) is 25.2 Å². The van der Waals surface area contributed by atoms with Crippen LogP contribution in [0.1, 0.15) is 24.1 Å². The molecule has 0 saturated carbocycles. The third-order valence-electron chi connectivity index (χ3n) is 2.74. The van der Waals surface area contributed by atoms with Crippen molar-refractivity contribution in [2.75, 3.05) is 0 Å². The van der Waals surface area contributed by atoms with Gasteiger partial charge >= 0.3 is 0 Å². The zero-order valence-corrected chi connectivity index (χ0v) is 11.4. The second-order valence-electron chi connectivity index (χ2n) is 3.79. The normalized spacial score (nSPS) is 10.9. The van der Waals surface area contributed by atoms with E-state index in [9.17, 15) is 8.78 Å². The van der Waals surface area contributed by atoms with Gasteiger partial charge in [-0.05, 0) is 19.1 Å². The summed E-state index contributed by atoms with van der Waals surface area (Å²) in [6, 6.07) is 3.84. The number of alkyl halides is 1. The molecule has 2 aromatic rings. The van der Waals surface area contributed by atoms with Crippen molar-refractivity contribution in [3.8, 4) is 0 Å². The summed E-state index contributed by atoms with van der Waals surface area (Å²) in [6.45, 7) is 2.61. The van der Waals surface area contributed by atoms with E-state index in [1.54, 1.807) is 0 Å². The Hall–Kier alpha value is -1.30.